The molecule has 7 heteroatoms. The molecule has 0 unspecified atom stereocenters. The van der Waals surface area contributed by atoms with E-state index < -0.39 is 0 Å². The van der Waals surface area contributed by atoms with Gasteiger partial charge in [-0.25, -0.2) is 0 Å². The Kier molecular flexibility index (Phi) is 10.6. The van der Waals surface area contributed by atoms with Gasteiger partial charge in [0.2, 0.25) is 0 Å². The van der Waals surface area contributed by atoms with Crippen molar-refractivity contribution in [3.05, 3.63) is 59.5 Å². The molecule has 7 nitrogen and oxygen atoms in total. The number of methoxy groups -OCH3 is 1. The summed E-state index contributed by atoms with van der Waals surface area (Å²) in [7, 11) is 1.69. The Morgan fingerprint density at radius 1 is 1.09 bits per heavy atom. The Labute approximate surface area is 209 Å². The molecule has 190 valence electrons. The summed E-state index contributed by atoms with van der Waals surface area (Å²) < 4.78 is 11.1. The molecule has 0 saturated carbocycles. The summed E-state index contributed by atoms with van der Waals surface area (Å²) in [4.78, 5) is 2.51. The van der Waals surface area contributed by atoms with E-state index in [4.69, 9.17) is 14.6 Å². The molecule has 4 rings (SSSR count). The van der Waals surface area contributed by atoms with Crippen LogP contribution >= 0.6 is 0 Å². The normalized spacial score (nSPS) is 16.6. The minimum atomic E-state index is 0.159. The molecule has 1 aromatic heterocycles. The molecule has 1 aliphatic heterocycles. The van der Waals surface area contributed by atoms with Crippen molar-refractivity contribution in [3.8, 4) is 5.75 Å². The Hall–Kier alpha value is -2.90. The van der Waals surface area contributed by atoms with Gasteiger partial charge >= 0.3 is 0 Å². The number of fused-ring (bicyclic) bond motifs is 1. The third-order valence-corrected chi connectivity index (χ3v) is 6.24. The Bertz CT molecular complexity index is 1040. The van der Waals surface area contributed by atoms with Crippen LogP contribution in [0.2, 0.25) is 0 Å². The summed E-state index contributed by atoms with van der Waals surface area (Å²) in [5.74, 6) is 2.55. The molecule has 2 N–H and O–H groups in total. The van der Waals surface area contributed by atoms with Gasteiger partial charge in [-0.3, -0.25) is 4.90 Å². The highest BCUT2D eigenvalue weighted by molar-refractivity contribution is 5.94. The number of hydrogen-bond donors (Lipinski definition) is 2. The van der Waals surface area contributed by atoms with E-state index in [1.807, 2.05) is 39.0 Å². The van der Waals surface area contributed by atoms with Crippen LogP contribution in [0.4, 0.5) is 5.82 Å². The van der Waals surface area contributed by atoms with E-state index in [2.05, 4.69) is 44.7 Å². The third kappa shape index (κ3) is 7.54. The van der Waals surface area contributed by atoms with Gasteiger partial charge in [0.25, 0.3) is 0 Å². The van der Waals surface area contributed by atoms with Crippen molar-refractivity contribution in [2.45, 2.75) is 52.5 Å². The number of likely N-dealkylation sites (tertiary alicyclic amines) is 1. The fourth-order valence-electron chi connectivity index (χ4n) is 4.32. The predicted molar refractivity (Wildman–Crippen MR) is 143 cm³/mol. The number of allylic oxidation sites excluding steroid dienone is 3. The van der Waals surface area contributed by atoms with Crippen molar-refractivity contribution >= 4 is 16.6 Å². The lowest BCUT2D eigenvalue weighted by molar-refractivity contribution is 0.184. The van der Waals surface area contributed by atoms with E-state index in [0.717, 1.165) is 72.7 Å². The van der Waals surface area contributed by atoms with Crippen molar-refractivity contribution in [2.75, 3.05) is 45.3 Å². The number of ether oxygens (including phenoxy) is 2. The zero-order valence-electron chi connectivity index (χ0n) is 21.6. The molecule has 1 saturated heterocycles. The largest absolute Gasteiger partial charge is 0.497 e. The molecule has 0 bridgehead atoms. The molecule has 2 aliphatic rings. The molecule has 2 heterocycles. The first kappa shape index (κ1) is 26.7. The minimum absolute atomic E-state index is 0.159. The molecule has 35 heavy (non-hydrogen) atoms. The number of nitrogens with zero attached hydrogens (tertiary/aromatic N) is 3. The molecule has 0 amide bonds. The van der Waals surface area contributed by atoms with Gasteiger partial charge in [0.05, 0.1) is 19.4 Å². The van der Waals surface area contributed by atoms with Gasteiger partial charge in [0, 0.05) is 49.5 Å². The molecule has 1 fully saturated rings. The van der Waals surface area contributed by atoms with E-state index in [-0.39, 0.29) is 6.61 Å². The molecule has 2 aromatic rings. The van der Waals surface area contributed by atoms with E-state index in [9.17, 15) is 0 Å². The second kappa shape index (κ2) is 13.9. The summed E-state index contributed by atoms with van der Waals surface area (Å²) in [6.07, 6.45) is 12.2. The number of rotatable bonds is 9. The molecule has 0 spiro atoms. The van der Waals surface area contributed by atoms with Gasteiger partial charge < -0.3 is 19.9 Å². The van der Waals surface area contributed by atoms with Crippen LogP contribution in [0.5, 0.6) is 5.75 Å². The number of piperidine rings is 1. The van der Waals surface area contributed by atoms with Gasteiger partial charge in [-0.05, 0) is 62.1 Å². The average Bonchev–Trinajstić information content (AvgIpc) is 3.13. The standard InChI is InChI=1S/C26H34N4O3.C2H6/c1-19-24-10-9-23(32-2)17-25(24)26(29-28-19)27-21-11-13-30(14-12-21)18-20-5-3-6-22(8-7-20)33-16-4-15-31;1-2/h5-10,17,21,31H,3-4,11-16,18H2,1-2H3,(H,27,29);1-2H3. The summed E-state index contributed by atoms with van der Waals surface area (Å²) in [5, 5.41) is 23.5. The van der Waals surface area contributed by atoms with Gasteiger partial charge in [0.1, 0.15) is 11.5 Å². The lowest BCUT2D eigenvalue weighted by atomic mass is 10.0. The van der Waals surface area contributed by atoms with Crippen LogP contribution in [0.3, 0.4) is 0 Å². The predicted octanol–water partition coefficient (Wildman–Crippen LogP) is 5.02. The Morgan fingerprint density at radius 2 is 1.89 bits per heavy atom. The van der Waals surface area contributed by atoms with E-state index >= 15 is 0 Å². The van der Waals surface area contributed by atoms with Crippen LogP contribution < -0.4 is 10.1 Å². The quantitative estimate of drug-likeness (QED) is 0.488. The number of hydrogen-bond acceptors (Lipinski definition) is 7. The maximum Gasteiger partial charge on any atom is 0.156 e. The van der Waals surface area contributed by atoms with Crippen LogP contribution in [-0.2, 0) is 4.74 Å². The van der Waals surface area contributed by atoms with E-state index in [1.54, 1.807) is 7.11 Å². The number of aromatic nitrogens is 2. The zero-order chi connectivity index (χ0) is 25.0. The van der Waals surface area contributed by atoms with Crippen molar-refractivity contribution in [3.63, 3.8) is 0 Å². The first-order chi connectivity index (χ1) is 17.2. The number of anilines is 1. The molecule has 0 radical (unpaired) electrons. The lowest BCUT2D eigenvalue weighted by Gasteiger charge is -2.33. The SMILES string of the molecule is CC.COc1ccc2c(C)nnc(NC3CCN(CC4=CCC=C(OCCCO)C=C4)CC3)c2c1. The molecule has 0 atom stereocenters. The maximum absolute atomic E-state index is 8.91. The second-order valence-corrected chi connectivity index (χ2v) is 8.62. The minimum Gasteiger partial charge on any atom is -0.497 e. The van der Waals surface area contributed by atoms with Crippen LogP contribution in [0.25, 0.3) is 10.8 Å². The van der Waals surface area contributed by atoms with Crippen LogP contribution in [0.15, 0.2) is 53.8 Å². The smallest absolute Gasteiger partial charge is 0.156 e. The third-order valence-electron chi connectivity index (χ3n) is 6.24. The van der Waals surface area contributed by atoms with Gasteiger partial charge in [-0.1, -0.05) is 26.0 Å². The van der Waals surface area contributed by atoms with Crippen molar-refractivity contribution in [2.24, 2.45) is 0 Å². The zero-order valence-corrected chi connectivity index (χ0v) is 21.6. The Morgan fingerprint density at radius 3 is 2.63 bits per heavy atom. The topological polar surface area (TPSA) is 79.7 Å². The number of aliphatic hydroxyl groups is 1. The summed E-state index contributed by atoms with van der Waals surface area (Å²) in [6.45, 7) is 9.72. The fraction of sp³-hybridized carbons (Fsp3) is 0.500. The van der Waals surface area contributed by atoms with E-state index in [0.29, 0.717) is 19.1 Å². The van der Waals surface area contributed by atoms with Crippen molar-refractivity contribution in [1.82, 2.24) is 15.1 Å². The first-order valence-corrected chi connectivity index (χ1v) is 12.8. The monoisotopic (exact) mass is 480 g/mol. The first-order valence-electron chi connectivity index (χ1n) is 12.8. The van der Waals surface area contributed by atoms with Gasteiger partial charge in [-0.15, -0.1) is 5.10 Å². The van der Waals surface area contributed by atoms with Crippen LogP contribution in [0.1, 0.15) is 45.2 Å². The molecule has 1 aromatic carbocycles. The second-order valence-electron chi connectivity index (χ2n) is 8.62. The van der Waals surface area contributed by atoms with Crippen molar-refractivity contribution < 1.29 is 14.6 Å². The highest BCUT2D eigenvalue weighted by atomic mass is 16.5. The lowest BCUT2D eigenvalue weighted by Crippen LogP contribution is -2.40. The molecular weight excluding hydrogens is 440 g/mol. The van der Waals surface area contributed by atoms with E-state index in [1.165, 1.54) is 5.57 Å². The molecular formula is C28H40N4O3. The number of aryl methyl sites for hydroxylation is 1. The van der Waals surface area contributed by atoms with Gasteiger partial charge in [-0.2, -0.15) is 5.10 Å². The highest BCUT2D eigenvalue weighted by Crippen LogP contribution is 2.28. The average molecular weight is 481 g/mol. The van der Waals surface area contributed by atoms with Crippen LogP contribution in [0, 0.1) is 6.92 Å². The highest BCUT2D eigenvalue weighted by Gasteiger charge is 2.21. The van der Waals surface area contributed by atoms with Crippen LogP contribution in [-0.4, -0.2) is 66.2 Å². The number of nitrogens with one attached hydrogen (secondary N) is 1. The maximum atomic E-state index is 8.91. The molecule has 1 aliphatic carbocycles. The summed E-state index contributed by atoms with van der Waals surface area (Å²) in [6, 6.07) is 6.43. The number of aliphatic hydroxyl groups excluding tert-OH is 1. The van der Waals surface area contributed by atoms with Crippen molar-refractivity contribution in [1.29, 1.82) is 0 Å². The summed E-state index contributed by atoms with van der Waals surface area (Å²) >= 11 is 0. The van der Waals surface area contributed by atoms with Gasteiger partial charge in [0.15, 0.2) is 5.82 Å². The Balaban J connectivity index is 0.00000167. The fourth-order valence-corrected chi connectivity index (χ4v) is 4.32. The number of benzene rings is 1. The summed E-state index contributed by atoms with van der Waals surface area (Å²) in [5.41, 5.74) is 2.25.